The third kappa shape index (κ3) is 4.99. The van der Waals surface area contributed by atoms with Crippen LogP contribution in [0.5, 0.6) is 11.5 Å². The maximum atomic E-state index is 13.2. The van der Waals surface area contributed by atoms with Crippen LogP contribution in [0.3, 0.4) is 0 Å². The Morgan fingerprint density at radius 3 is 2.66 bits per heavy atom. The van der Waals surface area contributed by atoms with E-state index in [1.807, 2.05) is 24.3 Å². The number of ketones is 1. The summed E-state index contributed by atoms with van der Waals surface area (Å²) in [6.45, 7) is 4.23. The number of aryl methyl sites for hydroxylation is 1. The molecule has 0 spiro atoms. The number of halogens is 1. The zero-order valence-electron chi connectivity index (χ0n) is 16.7. The number of fused-ring (bicyclic) bond motifs is 1. The molecular formula is C23H27BrN2O3. The zero-order valence-corrected chi connectivity index (χ0v) is 18.4. The van der Waals surface area contributed by atoms with E-state index in [2.05, 4.69) is 24.0 Å². The van der Waals surface area contributed by atoms with Gasteiger partial charge >= 0.3 is 0 Å². The molecule has 2 aliphatic heterocycles. The van der Waals surface area contributed by atoms with E-state index in [1.54, 1.807) is 6.07 Å². The third-order valence-corrected chi connectivity index (χ3v) is 5.24. The van der Waals surface area contributed by atoms with Gasteiger partial charge in [0.25, 0.3) is 0 Å². The highest BCUT2D eigenvalue weighted by atomic mass is 79.9. The van der Waals surface area contributed by atoms with E-state index < -0.39 is 0 Å². The van der Waals surface area contributed by atoms with Crippen LogP contribution in [0.2, 0.25) is 0 Å². The summed E-state index contributed by atoms with van der Waals surface area (Å²) in [5.41, 5.74) is 2.83. The Morgan fingerprint density at radius 1 is 1.03 bits per heavy atom. The highest BCUT2D eigenvalue weighted by molar-refractivity contribution is 8.93. The van der Waals surface area contributed by atoms with Gasteiger partial charge in [-0.15, -0.1) is 17.0 Å². The summed E-state index contributed by atoms with van der Waals surface area (Å²) in [6.07, 6.45) is 4.31. The first-order valence-electron chi connectivity index (χ1n) is 10.0. The Bertz CT molecular complexity index is 897. The summed E-state index contributed by atoms with van der Waals surface area (Å²) in [5, 5.41) is 0. The van der Waals surface area contributed by atoms with E-state index >= 15 is 0 Å². The highest BCUT2D eigenvalue weighted by Gasteiger charge is 2.22. The van der Waals surface area contributed by atoms with Crippen LogP contribution in [0.25, 0.3) is 0 Å². The first-order chi connectivity index (χ1) is 13.7. The summed E-state index contributed by atoms with van der Waals surface area (Å²) in [7, 11) is 0. The van der Waals surface area contributed by atoms with Crippen LogP contribution >= 0.6 is 17.0 Å². The smallest absolute Gasteiger partial charge is 0.182 e. The van der Waals surface area contributed by atoms with Crippen molar-refractivity contribution >= 4 is 34.3 Å². The molecule has 0 unspecified atom stereocenters. The fourth-order valence-corrected chi connectivity index (χ4v) is 3.71. The lowest BCUT2D eigenvalue weighted by Gasteiger charge is -2.27. The number of hydrogen-bond donors (Lipinski definition) is 0. The van der Waals surface area contributed by atoms with E-state index in [1.165, 1.54) is 6.42 Å². The summed E-state index contributed by atoms with van der Waals surface area (Å²) in [5.74, 6) is 2.41. The molecule has 0 radical (unpaired) electrons. The fourth-order valence-electron chi connectivity index (χ4n) is 3.71. The van der Waals surface area contributed by atoms with Crippen molar-refractivity contribution in [1.29, 1.82) is 0 Å². The molecule has 5 nitrogen and oxygen atoms in total. The van der Waals surface area contributed by atoms with Crippen LogP contribution in [0.4, 0.5) is 5.69 Å². The van der Waals surface area contributed by atoms with E-state index in [0.29, 0.717) is 30.3 Å². The first-order valence-corrected chi connectivity index (χ1v) is 10.0. The molecule has 2 aromatic rings. The van der Waals surface area contributed by atoms with Crippen molar-refractivity contribution in [1.82, 2.24) is 0 Å². The Hall–Kier alpha value is -2.34. The van der Waals surface area contributed by atoms with Crippen LogP contribution in [0.1, 0.15) is 41.6 Å². The van der Waals surface area contributed by atoms with Gasteiger partial charge in [-0.1, -0.05) is 24.6 Å². The molecule has 0 aliphatic carbocycles. The molecule has 0 atom stereocenters. The standard InChI is InChI=1S/C23H26N2O3.BrH/c1-17-7-4-5-8-19(17)25(23-9-3-2-6-12-24-23)16-20(26)18-10-11-21-22(15-18)28-14-13-27-21;/h4-5,7-8,10-11,15H,2-3,6,9,12-14,16H2,1H3;1H. The van der Waals surface area contributed by atoms with E-state index in [-0.39, 0.29) is 29.3 Å². The van der Waals surface area contributed by atoms with Crippen molar-refractivity contribution in [3.05, 3.63) is 53.6 Å². The molecule has 0 N–H and O–H groups in total. The van der Waals surface area contributed by atoms with Gasteiger partial charge in [0.1, 0.15) is 19.0 Å². The molecule has 0 amide bonds. The molecule has 0 aromatic heterocycles. The number of ether oxygens (including phenoxy) is 2. The molecule has 2 heterocycles. The minimum Gasteiger partial charge on any atom is -0.486 e. The van der Waals surface area contributed by atoms with Crippen LogP contribution in [-0.4, -0.2) is 37.9 Å². The Morgan fingerprint density at radius 2 is 1.83 bits per heavy atom. The lowest BCUT2D eigenvalue weighted by Crippen LogP contribution is -2.36. The average Bonchev–Trinajstić information content (AvgIpc) is 3.01. The minimum atomic E-state index is 0. The topological polar surface area (TPSA) is 51.1 Å². The summed E-state index contributed by atoms with van der Waals surface area (Å²) in [6, 6.07) is 13.6. The highest BCUT2D eigenvalue weighted by Crippen LogP contribution is 2.31. The van der Waals surface area contributed by atoms with Crippen molar-refractivity contribution in [3.8, 4) is 11.5 Å². The van der Waals surface area contributed by atoms with Gasteiger partial charge < -0.3 is 14.4 Å². The number of hydrogen-bond acceptors (Lipinski definition) is 5. The molecule has 0 fully saturated rings. The van der Waals surface area contributed by atoms with Gasteiger partial charge in [0, 0.05) is 24.2 Å². The molecule has 29 heavy (non-hydrogen) atoms. The number of nitrogens with zero attached hydrogens (tertiary/aromatic N) is 2. The van der Waals surface area contributed by atoms with Gasteiger partial charge in [-0.05, 0) is 49.6 Å². The van der Waals surface area contributed by atoms with E-state index in [9.17, 15) is 4.79 Å². The predicted molar refractivity (Wildman–Crippen MR) is 121 cm³/mol. The maximum Gasteiger partial charge on any atom is 0.182 e. The Kier molecular flexibility index (Phi) is 7.31. The predicted octanol–water partition coefficient (Wildman–Crippen LogP) is 5.01. The number of rotatable bonds is 4. The SMILES string of the molecule is Br.Cc1ccccc1N(CC(=O)c1ccc2c(c1)OCCO2)C1=NCCCCC1. The van der Waals surface area contributed by atoms with E-state index in [4.69, 9.17) is 14.5 Å². The molecule has 0 bridgehead atoms. The lowest BCUT2D eigenvalue weighted by molar-refractivity contribution is 0.100. The second kappa shape index (κ2) is 9.92. The minimum absolute atomic E-state index is 0. The molecule has 0 saturated carbocycles. The quantitative estimate of drug-likeness (QED) is 0.604. The van der Waals surface area contributed by atoms with Gasteiger partial charge in [0.15, 0.2) is 17.3 Å². The van der Waals surface area contributed by atoms with Crippen molar-refractivity contribution in [3.63, 3.8) is 0 Å². The number of benzene rings is 2. The Balaban J connectivity index is 0.00000240. The number of anilines is 1. The van der Waals surface area contributed by atoms with Crippen molar-refractivity contribution in [2.45, 2.75) is 32.6 Å². The van der Waals surface area contributed by atoms with Gasteiger partial charge in [-0.2, -0.15) is 0 Å². The molecule has 2 aromatic carbocycles. The van der Waals surface area contributed by atoms with Crippen molar-refractivity contribution in [2.24, 2.45) is 4.99 Å². The molecule has 2 aliphatic rings. The average molecular weight is 459 g/mol. The van der Waals surface area contributed by atoms with Gasteiger partial charge in [-0.25, -0.2) is 0 Å². The van der Waals surface area contributed by atoms with Gasteiger partial charge in [-0.3, -0.25) is 9.79 Å². The third-order valence-electron chi connectivity index (χ3n) is 5.24. The first kappa shape index (κ1) is 21.4. The monoisotopic (exact) mass is 458 g/mol. The van der Waals surface area contributed by atoms with Gasteiger partial charge in [0.05, 0.1) is 6.54 Å². The summed E-state index contributed by atoms with van der Waals surface area (Å²) in [4.78, 5) is 20.1. The second-order valence-electron chi connectivity index (χ2n) is 7.26. The second-order valence-corrected chi connectivity index (χ2v) is 7.26. The van der Waals surface area contributed by atoms with E-state index in [0.717, 1.165) is 42.9 Å². The summed E-state index contributed by atoms with van der Waals surface area (Å²) < 4.78 is 11.2. The largest absolute Gasteiger partial charge is 0.486 e. The lowest BCUT2D eigenvalue weighted by atomic mass is 10.1. The molecular weight excluding hydrogens is 432 g/mol. The number of para-hydroxylation sites is 1. The maximum absolute atomic E-state index is 13.2. The number of aliphatic imine (C=N–C) groups is 1. The van der Waals surface area contributed by atoms with Gasteiger partial charge in [0.2, 0.25) is 0 Å². The zero-order chi connectivity index (χ0) is 19.3. The van der Waals surface area contributed by atoms with Crippen LogP contribution in [-0.2, 0) is 0 Å². The van der Waals surface area contributed by atoms with Crippen LogP contribution in [0.15, 0.2) is 47.5 Å². The number of Topliss-reactive ketones (excluding diaryl/α,β-unsaturated/α-hetero) is 1. The van der Waals surface area contributed by atoms with Crippen LogP contribution in [0, 0.1) is 6.92 Å². The number of carbonyl (C=O) groups excluding carboxylic acids is 1. The van der Waals surface area contributed by atoms with Crippen molar-refractivity contribution < 1.29 is 14.3 Å². The Labute approximate surface area is 182 Å². The van der Waals surface area contributed by atoms with Crippen LogP contribution < -0.4 is 14.4 Å². The van der Waals surface area contributed by atoms with Crippen molar-refractivity contribution in [2.75, 3.05) is 31.2 Å². The fraction of sp³-hybridized carbons (Fsp3) is 0.391. The molecule has 0 saturated heterocycles. The normalized spacial score (nSPS) is 15.6. The number of carbonyl (C=O) groups is 1. The molecule has 154 valence electrons. The molecule has 6 heteroatoms. The summed E-state index contributed by atoms with van der Waals surface area (Å²) >= 11 is 0. The number of amidine groups is 1. The molecule has 4 rings (SSSR count).